The van der Waals surface area contributed by atoms with Gasteiger partial charge in [-0.15, -0.1) is 0 Å². The molecular formula is C25H18FNO. The predicted molar refractivity (Wildman–Crippen MR) is 112 cm³/mol. The first kappa shape index (κ1) is 16.7. The van der Waals surface area contributed by atoms with Crippen LogP contribution in [0.15, 0.2) is 77.6 Å². The summed E-state index contributed by atoms with van der Waals surface area (Å²) in [4.78, 5) is 14.6. The summed E-state index contributed by atoms with van der Waals surface area (Å²) in [5.41, 5.74) is 7.30. The van der Waals surface area contributed by atoms with Crippen molar-refractivity contribution in [1.82, 2.24) is 4.98 Å². The van der Waals surface area contributed by atoms with Gasteiger partial charge in [-0.25, -0.2) is 4.39 Å². The van der Waals surface area contributed by atoms with Crippen LogP contribution in [0.5, 0.6) is 0 Å². The molecular weight excluding hydrogens is 349 g/mol. The van der Waals surface area contributed by atoms with E-state index in [4.69, 9.17) is 0 Å². The predicted octanol–water partition coefficient (Wildman–Crippen LogP) is 5.35. The molecule has 0 saturated carbocycles. The number of aromatic amines is 1. The quantitative estimate of drug-likeness (QED) is 0.483. The third-order valence-electron chi connectivity index (χ3n) is 5.39. The Kier molecular flexibility index (Phi) is 3.94. The topological polar surface area (TPSA) is 32.9 Å². The molecule has 0 fully saturated rings. The molecule has 4 aromatic rings. The summed E-state index contributed by atoms with van der Waals surface area (Å²) in [6, 6.07) is 22.8. The lowest BCUT2D eigenvalue weighted by molar-refractivity contribution is 0.625. The summed E-state index contributed by atoms with van der Waals surface area (Å²) in [6.07, 6.45) is 3.83. The molecule has 1 N–H and O–H groups in total. The third-order valence-corrected chi connectivity index (χ3v) is 5.39. The average molecular weight is 367 g/mol. The molecule has 28 heavy (non-hydrogen) atoms. The lowest BCUT2D eigenvalue weighted by Gasteiger charge is -2.12. The highest BCUT2D eigenvalue weighted by molar-refractivity contribution is 5.95. The minimum Gasteiger partial charge on any atom is -0.322 e. The molecule has 0 bridgehead atoms. The Morgan fingerprint density at radius 1 is 0.821 bits per heavy atom. The van der Waals surface area contributed by atoms with Gasteiger partial charge in [0, 0.05) is 11.6 Å². The van der Waals surface area contributed by atoms with Gasteiger partial charge in [0.2, 0.25) is 5.56 Å². The summed E-state index contributed by atoms with van der Waals surface area (Å²) in [6.45, 7) is 0. The highest BCUT2D eigenvalue weighted by Crippen LogP contribution is 2.35. The van der Waals surface area contributed by atoms with E-state index in [1.165, 1.54) is 23.3 Å². The molecule has 0 radical (unpaired) electrons. The maximum absolute atomic E-state index is 13.9. The second kappa shape index (κ2) is 6.61. The number of aromatic nitrogens is 1. The van der Waals surface area contributed by atoms with Crippen molar-refractivity contribution >= 4 is 22.6 Å². The Bertz CT molecular complexity index is 1300. The number of benzene rings is 3. The molecule has 136 valence electrons. The van der Waals surface area contributed by atoms with Gasteiger partial charge in [-0.05, 0) is 82.0 Å². The number of H-pyrrole nitrogens is 1. The van der Waals surface area contributed by atoms with Crippen molar-refractivity contribution in [1.29, 1.82) is 0 Å². The van der Waals surface area contributed by atoms with Crippen molar-refractivity contribution in [2.45, 2.75) is 12.8 Å². The van der Waals surface area contributed by atoms with E-state index in [2.05, 4.69) is 23.2 Å². The number of nitrogens with one attached hydrogen (secondary N) is 1. The molecule has 0 spiro atoms. The van der Waals surface area contributed by atoms with Gasteiger partial charge in [-0.3, -0.25) is 4.79 Å². The highest BCUT2D eigenvalue weighted by atomic mass is 19.1. The second-order valence-corrected chi connectivity index (χ2v) is 7.19. The Labute approximate surface area is 162 Å². The number of hydrogen-bond donors (Lipinski definition) is 1. The summed E-state index contributed by atoms with van der Waals surface area (Å²) in [7, 11) is 0. The molecule has 1 aromatic heterocycles. The van der Waals surface area contributed by atoms with Crippen molar-refractivity contribution in [3.05, 3.63) is 117 Å². The van der Waals surface area contributed by atoms with E-state index in [1.54, 1.807) is 6.07 Å². The van der Waals surface area contributed by atoms with E-state index in [-0.39, 0.29) is 11.4 Å². The number of hydrogen-bond acceptors (Lipinski definition) is 1. The third kappa shape index (κ3) is 2.95. The fourth-order valence-corrected chi connectivity index (χ4v) is 4.03. The fourth-order valence-electron chi connectivity index (χ4n) is 4.03. The summed E-state index contributed by atoms with van der Waals surface area (Å²) in [5, 5.41) is 0.991. The molecule has 5 rings (SSSR count). The zero-order chi connectivity index (χ0) is 19.1. The highest BCUT2D eigenvalue weighted by Gasteiger charge is 2.18. The van der Waals surface area contributed by atoms with Crippen LogP contribution < -0.4 is 5.56 Å². The van der Waals surface area contributed by atoms with E-state index in [0.29, 0.717) is 0 Å². The minimum atomic E-state index is -0.202. The smallest absolute Gasteiger partial charge is 0.248 e. The monoisotopic (exact) mass is 367 g/mol. The van der Waals surface area contributed by atoms with Gasteiger partial charge >= 0.3 is 0 Å². The van der Waals surface area contributed by atoms with Gasteiger partial charge in [0.1, 0.15) is 5.82 Å². The van der Waals surface area contributed by atoms with Crippen molar-refractivity contribution in [2.24, 2.45) is 0 Å². The second-order valence-electron chi connectivity index (χ2n) is 7.19. The molecule has 3 aromatic carbocycles. The molecule has 3 heteroatoms. The Morgan fingerprint density at radius 3 is 2.54 bits per heavy atom. The number of rotatable bonds is 1. The SMILES string of the molecule is O=c1ccc2ccc(/C=C3\c4ccccc4CCc4cc(F)ccc43)cc2[nH]1. The average Bonchev–Trinajstić information content (AvgIpc) is 2.85. The van der Waals surface area contributed by atoms with Crippen LogP contribution in [0.25, 0.3) is 22.6 Å². The van der Waals surface area contributed by atoms with E-state index in [9.17, 15) is 9.18 Å². The van der Waals surface area contributed by atoms with Gasteiger partial charge in [0.25, 0.3) is 0 Å². The number of fused-ring (bicyclic) bond motifs is 3. The van der Waals surface area contributed by atoms with Crippen LogP contribution in [0.1, 0.15) is 27.8 Å². The molecule has 1 heterocycles. The first-order valence-corrected chi connectivity index (χ1v) is 9.39. The summed E-state index contributed by atoms with van der Waals surface area (Å²) in [5.74, 6) is -0.202. The number of halogens is 1. The normalized spacial score (nSPS) is 14.5. The van der Waals surface area contributed by atoms with Crippen molar-refractivity contribution in [3.8, 4) is 0 Å². The lowest BCUT2D eigenvalue weighted by atomic mass is 9.92. The van der Waals surface area contributed by atoms with E-state index < -0.39 is 0 Å². The summed E-state index contributed by atoms with van der Waals surface area (Å²) < 4.78 is 13.9. The molecule has 2 nitrogen and oxygen atoms in total. The van der Waals surface area contributed by atoms with Gasteiger partial charge in [0.05, 0.1) is 0 Å². The van der Waals surface area contributed by atoms with Gasteiger partial charge in [-0.1, -0.05) is 42.5 Å². The summed E-state index contributed by atoms with van der Waals surface area (Å²) >= 11 is 0. The Balaban J connectivity index is 1.75. The number of pyridine rings is 1. The van der Waals surface area contributed by atoms with Crippen LogP contribution in [0.3, 0.4) is 0 Å². The molecule has 0 saturated heterocycles. The molecule has 1 aliphatic rings. The molecule has 0 amide bonds. The maximum atomic E-state index is 13.9. The van der Waals surface area contributed by atoms with Crippen molar-refractivity contribution in [3.63, 3.8) is 0 Å². The van der Waals surface area contributed by atoms with E-state index >= 15 is 0 Å². The Morgan fingerprint density at radius 2 is 1.61 bits per heavy atom. The van der Waals surface area contributed by atoms with Crippen LogP contribution in [0.2, 0.25) is 0 Å². The molecule has 0 unspecified atom stereocenters. The lowest BCUT2D eigenvalue weighted by Crippen LogP contribution is -2.02. The van der Waals surface area contributed by atoms with Crippen LogP contribution in [-0.4, -0.2) is 4.98 Å². The largest absolute Gasteiger partial charge is 0.322 e. The molecule has 1 aliphatic carbocycles. The van der Waals surface area contributed by atoms with Crippen LogP contribution in [0.4, 0.5) is 4.39 Å². The molecule has 0 aliphatic heterocycles. The van der Waals surface area contributed by atoms with E-state index in [0.717, 1.165) is 46.0 Å². The van der Waals surface area contributed by atoms with Crippen molar-refractivity contribution in [2.75, 3.05) is 0 Å². The Hall–Kier alpha value is -3.46. The zero-order valence-corrected chi connectivity index (χ0v) is 15.2. The van der Waals surface area contributed by atoms with Gasteiger partial charge in [-0.2, -0.15) is 0 Å². The standard InChI is InChI=1S/C25H18FNO/c26-20-10-11-22-19(15-20)8-7-17-3-1-2-4-21(17)23(22)13-16-5-6-18-9-12-25(28)27-24(18)14-16/h1-6,9-15H,7-8H2,(H,27,28)/b23-13+. The van der Waals surface area contributed by atoms with E-state index in [1.807, 2.05) is 42.5 Å². The van der Waals surface area contributed by atoms with Crippen LogP contribution >= 0.6 is 0 Å². The molecule has 0 atom stereocenters. The maximum Gasteiger partial charge on any atom is 0.248 e. The van der Waals surface area contributed by atoms with Crippen molar-refractivity contribution < 1.29 is 4.39 Å². The minimum absolute atomic E-state index is 0.113. The first-order valence-electron chi connectivity index (χ1n) is 9.39. The zero-order valence-electron chi connectivity index (χ0n) is 15.2. The fraction of sp³-hybridized carbons (Fsp3) is 0.0800. The van der Waals surface area contributed by atoms with Gasteiger partial charge in [0.15, 0.2) is 0 Å². The number of aryl methyl sites for hydroxylation is 2. The first-order chi connectivity index (χ1) is 13.7. The van der Waals surface area contributed by atoms with Gasteiger partial charge < -0.3 is 4.98 Å². The van der Waals surface area contributed by atoms with Crippen LogP contribution in [0, 0.1) is 5.82 Å². The van der Waals surface area contributed by atoms with Crippen LogP contribution in [-0.2, 0) is 12.8 Å².